The fourth-order valence-corrected chi connectivity index (χ4v) is 5.21. The SMILES string of the molecule is COCCN(c1c(CC(=O)Cc2ccc(-n3nccn3)c(C(F)(F)F)c2)cnc2sc(C)nc12)C1CC1. The molecular weight excluding hydrogens is 505 g/mol. The highest BCUT2D eigenvalue weighted by Gasteiger charge is 2.35. The van der Waals surface area contributed by atoms with Crippen molar-refractivity contribution in [2.45, 2.75) is 44.8 Å². The van der Waals surface area contributed by atoms with Crippen LogP contribution >= 0.6 is 11.3 Å². The summed E-state index contributed by atoms with van der Waals surface area (Å²) in [6, 6.07) is 4.14. The number of carbonyl (C=O) groups is 1. The lowest BCUT2D eigenvalue weighted by Gasteiger charge is -2.27. The Kier molecular flexibility index (Phi) is 6.95. The summed E-state index contributed by atoms with van der Waals surface area (Å²) in [4.78, 5) is 26.4. The second kappa shape index (κ2) is 10.2. The third-order valence-corrected chi connectivity index (χ3v) is 7.06. The number of hydrogen-bond acceptors (Lipinski definition) is 8. The number of thiazole rings is 1. The van der Waals surface area contributed by atoms with Crippen molar-refractivity contribution in [3.8, 4) is 5.69 Å². The van der Waals surface area contributed by atoms with Gasteiger partial charge in [-0.1, -0.05) is 17.4 Å². The minimum atomic E-state index is -4.63. The maximum atomic E-state index is 13.8. The summed E-state index contributed by atoms with van der Waals surface area (Å²) in [6.45, 7) is 3.09. The van der Waals surface area contributed by atoms with E-state index in [1.165, 1.54) is 35.9 Å². The van der Waals surface area contributed by atoms with Gasteiger partial charge in [-0.05, 0) is 37.5 Å². The number of hydrogen-bond donors (Lipinski definition) is 0. The Labute approximate surface area is 215 Å². The van der Waals surface area contributed by atoms with E-state index in [0.29, 0.717) is 19.2 Å². The molecule has 1 saturated carbocycles. The van der Waals surface area contributed by atoms with Gasteiger partial charge in [0.25, 0.3) is 0 Å². The predicted octanol–water partition coefficient (Wildman–Crippen LogP) is 4.57. The first-order valence-electron chi connectivity index (χ1n) is 11.8. The van der Waals surface area contributed by atoms with Crippen molar-refractivity contribution in [1.29, 1.82) is 0 Å². The molecule has 5 rings (SSSR count). The summed E-state index contributed by atoms with van der Waals surface area (Å²) in [5, 5.41) is 8.50. The van der Waals surface area contributed by atoms with E-state index in [-0.39, 0.29) is 29.9 Å². The lowest BCUT2D eigenvalue weighted by atomic mass is 9.99. The number of benzene rings is 1. The van der Waals surface area contributed by atoms with Crippen molar-refractivity contribution >= 4 is 33.2 Å². The molecule has 3 heterocycles. The Bertz CT molecular complexity index is 1420. The van der Waals surface area contributed by atoms with E-state index in [0.717, 1.165) is 50.3 Å². The van der Waals surface area contributed by atoms with Crippen LogP contribution in [0.5, 0.6) is 0 Å². The average Bonchev–Trinajstić information content (AvgIpc) is 3.39. The molecule has 4 aromatic rings. The van der Waals surface area contributed by atoms with E-state index in [2.05, 4.69) is 20.1 Å². The monoisotopic (exact) mass is 530 g/mol. The molecule has 0 saturated heterocycles. The van der Waals surface area contributed by atoms with E-state index < -0.39 is 11.7 Å². The van der Waals surface area contributed by atoms with Crippen LogP contribution in [0, 0.1) is 6.92 Å². The fourth-order valence-electron chi connectivity index (χ4n) is 4.45. The zero-order chi connectivity index (χ0) is 26.2. The molecular formula is C25H25F3N6O2S. The molecule has 0 atom stereocenters. The Balaban J connectivity index is 1.44. The smallest absolute Gasteiger partial charge is 0.383 e. The highest BCUT2D eigenvalue weighted by molar-refractivity contribution is 7.18. The van der Waals surface area contributed by atoms with Gasteiger partial charge in [-0.2, -0.15) is 28.2 Å². The van der Waals surface area contributed by atoms with E-state index in [1.54, 1.807) is 13.3 Å². The van der Waals surface area contributed by atoms with Gasteiger partial charge in [-0.15, -0.1) is 0 Å². The van der Waals surface area contributed by atoms with E-state index in [4.69, 9.17) is 9.72 Å². The fraction of sp³-hybridized carbons (Fsp3) is 0.400. The van der Waals surface area contributed by atoms with Crippen LogP contribution in [0.3, 0.4) is 0 Å². The van der Waals surface area contributed by atoms with Gasteiger partial charge in [0.15, 0.2) is 0 Å². The number of ketones is 1. The third-order valence-electron chi connectivity index (χ3n) is 6.18. The van der Waals surface area contributed by atoms with Crippen molar-refractivity contribution in [2.24, 2.45) is 0 Å². The molecule has 0 N–H and O–H groups in total. The number of rotatable bonds is 10. The zero-order valence-electron chi connectivity index (χ0n) is 20.3. The van der Waals surface area contributed by atoms with Crippen molar-refractivity contribution < 1.29 is 22.7 Å². The largest absolute Gasteiger partial charge is 0.418 e. The number of anilines is 1. The summed E-state index contributed by atoms with van der Waals surface area (Å²) in [5.74, 6) is -0.213. The summed E-state index contributed by atoms with van der Waals surface area (Å²) in [6.07, 6.45) is 1.66. The highest BCUT2D eigenvalue weighted by atomic mass is 32.1. The van der Waals surface area contributed by atoms with Gasteiger partial charge in [0.2, 0.25) is 0 Å². The third kappa shape index (κ3) is 5.49. The number of pyridine rings is 1. The molecule has 1 fully saturated rings. The summed E-state index contributed by atoms with van der Waals surface area (Å²) >= 11 is 1.49. The van der Waals surface area contributed by atoms with Crippen LogP contribution in [-0.4, -0.2) is 57.0 Å². The zero-order valence-corrected chi connectivity index (χ0v) is 21.1. The molecule has 0 aliphatic heterocycles. The topological polar surface area (TPSA) is 86.0 Å². The standard InChI is InChI=1S/C25H25F3N6O2S/c1-15-32-22-23(33(9-10-36-2)18-4-5-18)17(14-29-24(22)37-15)13-19(35)11-16-3-6-21(34-30-7-8-31-34)20(12-16)25(26,27)28/h3,6-8,12,14,18H,4-5,9-11,13H2,1-2H3. The van der Waals surface area contributed by atoms with Crippen LogP contribution in [0.1, 0.15) is 34.5 Å². The van der Waals surface area contributed by atoms with Gasteiger partial charge in [0.1, 0.15) is 16.1 Å². The molecule has 12 heteroatoms. The number of methoxy groups -OCH3 is 1. The summed E-state index contributed by atoms with van der Waals surface area (Å²) in [7, 11) is 1.65. The van der Waals surface area contributed by atoms with Crippen molar-refractivity contribution in [2.75, 3.05) is 25.2 Å². The highest BCUT2D eigenvalue weighted by Crippen LogP contribution is 2.39. The lowest BCUT2D eigenvalue weighted by Crippen LogP contribution is -2.31. The summed E-state index contributed by atoms with van der Waals surface area (Å²) < 4.78 is 46.7. The first-order valence-corrected chi connectivity index (χ1v) is 12.7. The molecule has 0 unspecified atom stereocenters. The number of Topliss-reactive ketones (excluding diaryl/α,β-unsaturated/α-hetero) is 1. The minimum absolute atomic E-state index is 0.0366. The molecule has 37 heavy (non-hydrogen) atoms. The molecule has 0 amide bonds. The normalized spacial score (nSPS) is 13.9. The molecule has 1 aliphatic rings. The predicted molar refractivity (Wildman–Crippen MR) is 133 cm³/mol. The molecule has 194 valence electrons. The number of nitrogens with zero attached hydrogens (tertiary/aromatic N) is 6. The van der Waals surface area contributed by atoms with Crippen LogP contribution < -0.4 is 4.90 Å². The Morgan fingerprint density at radius 1 is 1.22 bits per heavy atom. The Hall–Kier alpha value is -3.38. The second-order valence-corrected chi connectivity index (χ2v) is 10.2. The summed E-state index contributed by atoms with van der Waals surface area (Å²) in [5.41, 5.74) is 1.54. The molecule has 8 nitrogen and oxygen atoms in total. The van der Waals surface area contributed by atoms with Gasteiger partial charge in [-0.25, -0.2) is 9.97 Å². The maximum Gasteiger partial charge on any atom is 0.418 e. The van der Waals surface area contributed by atoms with E-state index in [1.807, 2.05) is 6.92 Å². The van der Waals surface area contributed by atoms with Crippen LogP contribution in [0.15, 0.2) is 36.8 Å². The first kappa shape index (κ1) is 25.3. The van der Waals surface area contributed by atoms with Gasteiger partial charge in [-0.3, -0.25) is 4.79 Å². The number of carbonyl (C=O) groups excluding carboxylic acids is 1. The molecule has 0 radical (unpaired) electrons. The van der Waals surface area contributed by atoms with Crippen LogP contribution in [-0.2, 0) is 28.5 Å². The van der Waals surface area contributed by atoms with E-state index in [9.17, 15) is 18.0 Å². The molecule has 3 aromatic heterocycles. The first-order chi connectivity index (χ1) is 17.7. The molecule has 1 aliphatic carbocycles. The van der Waals surface area contributed by atoms with Crippen LogP contribution in [0.25, 0.3) is 16.0 Å². The van der Waals surface area contributed by atoms with Crippen LogP contribution in [0.2, 0.25) is 0 Å². The second-order valence-electron chi connectivity index (χ2n) is 9.00. The minimum Gasteiger partial charge on any atom is -0.383 e. The van der Waals surface area contributed by atoms with Gasteiger partial charge in [0.05, 0.1) is 40.9 Å². The Morgan fingerprint density at radius 3 is 2.65 bits per heavy atom. The quantitative estimate of drug-likeness (QED) is 0.297. The van der Waals surface area contributed by atoms with Crippen molar-refractivity contribution in [1.82, 2.24) is 25.0 Å². The number of aryl methyl sites for hydroxylation is 1. The van der Waals surface area contributed by atoms with Gasteiger partial charge < -0.3 is 9.64 Å². The number of alkyl halides is 3. The maximum absolute atomic E-state index is 13.8. The lowest BCUT2D eigenvalue weighted by molar-refractivity contribution is -0.137. The average molecular weight is 531 g/mol. The molecule has 0 spiro atoms. The number of ether oxygens (including phenoxy) is 1. The Morgan fingerprint density at radius 2 is 1.97 bits per heavy atom. The van der Waals surface area contributed by atoms with Gasteiger partial charge in [0, 0.05) is 44.3 Å². The van der Waals surface area contributed by atoms with Crippen molar-refractivity contribution in [3.63, 3.8) is 0 Å². The molecule has 0 bridgehead atoms. The van der Waals surface area contributed by atoms with Crippen molar-refractivity contribution in [3.05, 3.63) is 58.5 Å². The number of halogens is 3. The number of aromatic nitrogens is 5. The van der Waals surface area contributed by atoms with Gasteiger partial charge >= 0.3 is 6.18 Å². The number of fused-ring (bicyclic) bond motifs is 1. The van der Waals surface area contributed by atoms with E-state index >= 15 is 0 Å². The molecule has 1 aromatic carbocycles. The van der Waals surface area contributed by atoms with Crippen LogP contribution in [0.4, 0.5) is 18.9 Å².